The van der Waals surface area contributed by atoms with E-state index in [2.05, 4.69) is 51.8 Å². The molecule has 1 fully saturated rings. The van der Waals surface area contributed by atoms with Crippen LogP contribution in [0.25, 0.3) is 21.8 Å². The number of aryl methyl sites for hydroxylation is 1. The van der Waals surface area contributed by atoms with E-state index < -0.39 is 0 Å². The number of pyridine rings is 1. The minimum atomic E-state index is 0.0835. The molecule has 1 aliphatic rings. The van der Waals surface area contributed by atoms with E-state index in [1.165, 1.54) is 48.7 Å². The van der Waals surface area contributed by atoms with E-state index >= 15 is 0 Å². The number of hydrogen-bond donors (Lipinski definition) is 0. The van der Waals surface area contributed by atoms with Gasteiger partial charge in [0.2, 0.25) is 0 Å². The molecule has 0 unspecified atom stereocenters. The third kappa shape index (κ3) is 3.95. The third-order valence-corrected chi connectivity index (χ3v) is 6.76. The lowest BCUT2D eigenvalue weighted by Gasteiger charge is -2.30. The molecule has 0 atom stereocenters. The van der Waals surface area contributed by atoms with Crippen molar-refractivity contribution in [2.75, 3.05) is 6.54 Å². The van der Waals surface area contributed by atoms with Gasteiger partial charge in [-0.1, -0.05) is 55.7 Å². The largest absolute Gasteiger partial charge is 0.346 e. The maximum atomic E-state index is 13.8. The lowest BCUT2D eigenvalue weighted by atomic mass is 9.88. The molecule has 158 valence electrons. The highest BCUT2D eigenvalue weighted by atomic mass is 16.2. The predicted molar refractivity (Wildman–Crippen MR) is 126 cm³/mol. The van der Waals surface area contributed by atoms with E-state index in [1.807, 2.05) is 30.3 Å². The maximum Gasteiger partial charge on any atom is 0.256 e. The number of aromatic nitrogens is 2. The Morgan fingerprint density at radius 3 is 2.61 bits per heavy atom. The molecule has 31 heavy (non-hydrogen) atoms. The van der Waals surface area contributed by atoms with Crippen molar-refractivity contribution in [3.8, 4) is 0 Å². The van der Waals surface area contributed by atoms with Crippen molar-refractivity contribution in [3.63, 3.8) is 0 Å². The number of hydrogen-bond acceptors (Lipinski definition) is 2. The van der Waals surface area contributed by atoms with E-state index in [0.29, 0.717) is 18.0 Å². The van der Waals surface area contributed by atoms with Gasteiger partial charge in [0, 0.05) is 36.4 Å². The van der Waals surface area contributed by atoms with Crippen LogP contribution in [0.5, 0.6) is 0 Å². The summed E-state index contributed by atoms with van der Waals surface area (Å²) in [5.74, 6) is 0.662. The van der Waals surface area contributed by atoms with Gasteiger partial charge in [0.25, 0.3) is 5.91 Å². The van der Waals surface area contributed by atoms with Gasteiger partial charge < -0.3 is 9.47 Å². The van der Waals surface area contributed by atoms with Gasteiger partial charge in [0.05, 0.1) is 17.6 Å². The standard InChI is InChI=1S/C27H29N3O/c1-29-23(17-22-11-5-6-15-25(22)29)19-30(18-20-9-3-2-4-10-20)27(31)24-14-7-12-21-13-8-16-28-26(21)24/h5-8,11-17,20H,2-4,9-10,18-19H2,1H3. The Balaban J connectivity index is 1.51. The number of carbonyl (C=O) groups excluding carboxylic acids is 1. The van der Waals surface area contributed by atoms with Crippen LogP contribution in [-0.4, -0.2) is 26.9 Å². The molecular weight excluding hydrogens is 382 g/mol. The monoisotopic (exact) mass is 411 g/mol. The molecule has 2 aromatic carbocycles. The summed E-state index contributed by atoms with van der Waals surface area (Å²) in [4.78, 5) is 20.4. The van der Waals surface area contributed by atoms with Gasteiger partial charge in [0.15, 0.2) is 0 Å². The summed E-state index contributed by atoms with van der Waals surface area (Å²) in [5, 5.41) is 2.23. The van der Waals surface area contributed by atoms with Crippen LogP contribution in [0.1, 0.15) is 48.2 Å². The lowest BCUT2D eigenvalue weighted by molar-refractivity contribution is 0.0697. The van der Waals surface area contributed by atoms with Crippen molar-refractivity contribution in [2.24, 2.45) is 13.0 Å². The molecule has 1 aliphatic carbocycles. The van der Waals surface area contributed by atoms with Gasteiger partial charge in [-0.3, -0.25) is 9.78 Å². The molecule has 0 spiro atoms. The van der Waals surface area contributed by atoms with E-state index in [1.54, 1.807) is 6.20 Å². The third-order valence-electron chi connectivity index (χ3n) is 6.76. The van der Waals surface area contributed by atoms with Gasteiger partial charge in [-0.15, -0.1) is 0 Å². The smallest absolute Gasteiger partial charge is 0.256 e. The summed E-state index contributed by atoms with van der Waals surface area (Å²) in [7, 11) is 2.10. The summed E-state index contributed by atoms with van der Waals surface area (Å²) in [6, 6.07) is 20.5. The van der Waals surface area contributed by atoms with Crippen LogP contribution in [-0.2, 0) is 13.6 Å². The predicted octanol–water partition coefficient (Wildman–Crippen LogP) is 5.95. The fourth-order valence-electron chi connectivity index (χ4n) is 5.04. The van der Waals surface area contributed by atoms with E-state index in [4.69, 9.17) is 0 Å². The van der Waals surface area contributed by atoms with E-state index in [9.17, 15) is 4.79 Å². The van der Waals surface area contributed by atoms with Crippen molar-refractivity contribution < 1.29 is 4.79 Å². The van der Waals surface area contributed by atoms with Crippen molar-refractivity contribution in [1.29, 1.82) is 0 Å². The van der Waals surface area contributed by atoms with Crippen LogP contribution >= 0.6 is 0 Å². The van der Waals surface area contributed by atoms with Crippen molar-refractivity contribution >= 4 is 27.7 Å². The first-order chi connectivity index (χ1) is 15.2. The van der Waals surface area contributed by atoms with Gasteiger partial charge in [0.1, 0.15) is 0 Å². The SMILES string of the molecule is Cn1c(CN(CC2CCCCC2)C(=O)c2cccc3cccnc23)cc2ccccc21. The van der Waals surface area contributed by atoms with Gasteiger partial charge >= 0.3 is 0 Å². The zero-order valence-electron chi connectivity index (χ0n) is 18.1. The number of nitrogens with zero attached hydrogens (tertiary/aromatic N) is 3. The molecule has 0 aliphatic heterocycles. The highest BCUT2D eigenvalue weighted by molar-refractivity contribution is 6.05. The molecule has 4 aromatic rings. The number of rotatable bonds is 5. The first-order valence-corrected chi connectivity index (χ1v) is 11.4. The first kappa shape index (κ1) is 19.8. The van der Waals surface area contributed by atoms with Gasteiger partial charge in [-0.2, -0.15) is 0 Å². The maximum absolute atomic E-state index is 13.8. The summed E-state index contributed by atoms with van der Waals surface area (Å²) < 4.78 is 2.22. The van der Waals surface area contributed by atoms with Gasteiger partial charge in [-0.05, 0) is 48.4 Å². The minimum absolute atomic E-state index is 0.0835. The number of fused-ring (bicyclic) bond motifs is 2. The lowest BCUT2D eigenvalue weighted by Crippen LogP contribution is -2.36. The first-order valence-electron chi connectivity index (χ1n) is 11.4. The van der Waals surface area contributed by atoms with Crippen molar-refractivity contribution in [1.82, 2.24) is 14.5 Å². The zero-order valence-corrected chi connectivity index (χ0v) is 18.1. The average molecular weight is 412 g/mol. The summed E-state index contributed by atoms with van der Waals surface area (Å²) in [6.45, 7) is 1.42. The Hall–Kier alpha value is -3.14. The molecule has 2 heterocycles. The van der Waals surface area contributed by atoms with Crippen LogP contribution in [0.3, 0.4) is 0 Å². The molecule has 0 N–H and O–H groups in total. The Morgan fingerprint density at radius 1 is 1.00 bits per heavy atom. The molecule has 0 saturated heterocycles. The van der Waals surface area contributed by atoms with Crippen LogP contribution in [0, 0.1) is 5.92 Å². The molecule has 1 saturated carbocycles. The highest BCUT2D eigenvalue weighted by Gasteiger charge is 2.24. The molecule has 0 bridgehead atoms. The highest BCUT2D eigenvalue weighted by Crippen LogP contribution is 2.28. The topological polar surface area (TPSA) is 38.1 Å². The molecule has 4 heteroatoms. The van der Waals surface area contributed by atoms with Crippen LogP contribution in [0.2, 0.25) is 0 Å². The zero-order chi connectivity index (χ0) is 21.2. The molecule has 1 amide bonds. The molecule has 4 nitrogen and oxygen atoms in total. The number of carbonyl (C=O) groups is 1. The normalized spacial score (nSPS) is 14.9. The molecule has 5 rings (SSSR count). The second kappa shape index (κ2) is 8.54. The van der Waals surface area contributed by atoms with E-state index in [0.717, 1.165) is 17.4 Å². The Labute approximate surface area is 183 Å². The van der Waals surface area contributed by atoms with E-state index in [-0.39, 0.29) is 5.91 Å². The van der Waals surface area contributed by atoms with Crippen LogP contribution in [0.15, 0.2) is 66.9 Å². The number of para-hydroxylation sites is 2. The molecule has 2 aromatic heterocycles. The Kier molecular flexibility index (Phi) is 5.46. The second-order valence-electron chi connectivity index (χ2n) is 8.82. The molecule has 0 radical (unpaired) electrons. The average Bonchev–Trinajstić information content (AvgIpc) is 3.14. The Morgan fingerprint density at radius 2 is 1.77 bits per heavy atom. The Bertz CT molecular complexity index is 1210. The quantitative estimate of drug-likeness (QED) is 0.407. The van der Waals surface area contributed by atoms with Crippen LogP contribution in [0.4, 0.5) is 0 Å². The van der Waals surface area contributed by atoms with Crippen molar-refractivity contribution in [3.05, 3.63) is 78.1 Å². The fraction of sp³-hybridized carbons (Fsp3) is 0.333. The van der Waals surface area contributed by atoms with Crippen LogP contribution < -0.4 is 0 Å². The van der Waals surface area contributed by atoms with Crippen molar-refractivity contribution in [2.45, 2.75) is 38.6 Å². The second-order valence-corrected chi connectivity index (χ2v) is 8.82. The minimum Gasteiger partial charge on any atom is -0.346 e. The summed E-state index contributed by atoms with van der Waals surface area (Å²) in [6.07, 6.45) is 8.07. The van der Waals surface area contributed by atoms with Gasteiger partial charge in [-0.25, -0.2) is 0 Å². The number of benzene rings is 2. The summed E-state index contributed by atoms with van der Waals surface area (Å²) in [5.41, 5.74) is 3.86. The fourth-order valence-corrected chi connectivity index (χ4v) is 5.04. The molecular formula is C27H29N3O. The summed E-state index contributed by atoms with van der Waals surface area (Å²) >= 11 is 0. The number of amides is 1.